The molecule has 0 aliphatic carbocycles. The maximum Gasteiger partial charge on any atom is 0.120 e. The van der Waals surface area contributed by atoms with E-state index in [1.165, 1.54) is 0 Å². The minimum atomic E-state index is -0.661. The minimum Gasteiger partial charge on any atom is -0.491 e. The molecule has 1 N–H and O–H groups in total. The van der Waals surface area contributed by atoms with Crippen molar-refractivity contribution in [3.63, 3.8) is 0 Å². The van der Waals surface area contributed by atoms with Gasteiger partial charge < -0.3 is 14.6 Å². The molecule has 0 saturated heterocycles. The maximum absolute atomic E-state index is 10.6. The van der Waals surface area contributed by atoms with Crippen LogP contribution >= 0.6 is 0 Å². The summed E-state index contributed by atoms with van der Waals surface area (Å²) >= 11 is 0. The molecule has 0 bridgehead atoms. The Morgan fingerprint density at radius 1 is 1.20 bits per heavy atom. The molecule has 114 valence electrons. The number of hydrogen-bond donors (Lipinski definition) is 1. The number of ether oxygens (including phenoxy) is 2. The second kappa shape index (κ2) is 7.09. The largest absolute Gasteiger partial charge is 0.491 e. The van der Waals surface area contributed by atoms with Crippen molar-refractivity contribution in [1.82, 2.24) is 0 Å². The zero-order valence-corrected chi connectivity index (χ0v) is 13.5. The van der Waals surface area contributed by atoms with Gasteiger partial charge in [0.1, 0.15) is 11.9 Å². The Bertz CT molecular complexity index is 407. The van der Waals surface area contributed by atoms with Crippen molar-refractivity contribution in [2.75, 3.05) is 6.61 Å². The van der Waals surface area contributed by atoms with E-state index in [-0.39, 0.29) is 17.6 Å². The first-order valence-electron chi connectivity index (χ1n) is 7.32. The Kier molecular flexibility index (Phi) is 6.03. The fourth-order valence-electron chi connectivity index (χ4n) is 2.21. The lowest BCUT2D eigenvalue weighted by Crippen LogP contribution is -2.35. The Labute approximate surface area is 122 Å². The molecule has 0 aromatic heterocycles. The van der Waals surface area contributed by atoms with Crippen LogP contribution in [0.3, 0.4) is 0 Å². The molecule has 0 saturated carbocycles. The lowest BCUT2D eigenvalue weighted by molar-refractivity contribution is -0.0899. The quantitative estimate of drug-likeness (QED) is 0.857. The maximum atomic E-state index is 10.6. The molecule has 0 heterocycles. The molecule has 0 aliphatic rings. The molecular formula is C17H28O3. The third-order valence-electron chi connectivity index (χ3n) is 3.06. The molecule has 2 unspecified atom stereocenters. The van der Waals surface area contributed by atoms with Crippen molar-refractivity contribution in [3.8, 4) is 5.75 Å². The number of hydrogen-bond acceptors (Lipinski definition) is 3. The average Bonchev–Trinajstić information content (AvgIpc) is 2.33. The number of aliphatic hydroxyl groups is 1. The van der Waals surface area contributed by atoms with E-state index in [0.29, 0.717) is 6.61 Å². The summed E-state index contributed by atoms with van der Waals surface area (Å²) in [6.07, 6.45) is -0.792. The molecule has 0 amide bonds. The lowest BCUT2D eigenvalue weighted by Gasteiger charge is -2.34. The van der Waals surface area contributed by atoms with E-state index in [4.69, 9.17) is 9.47 Å². The summed E-state index contributed by atoms with van der Waals surface area (Å²) in [5.74, 6) is 0.778. The zero-order valence-electron chi connectivity index (χ0n) is 13.5. The highest BCUT2D eigenvalue weighted by Crippen LogP contribution is 2.33. The van der Waals surface area contributed by atoms with Crippen LogP contribution in [-0.2, 0) is 4.74 Å². The van der Waals surface area contributed by atoms with E-state index in [2.05, 4.69) is 20.8 Å². The molecule has 3 heteroatoms. The van der Waals surface area contributed by atoms with Crippen LogP contribution < -0.4 is 4.74 Å². The highest BCUT2D eigenvalue weighted by atomic mass is 16.5. The second-order valence-corrected chi connectivity index (χ2v) is 6.43. The van der Waals surface area contributed by atoms with Crippen molar-refractivity contribution < 1.29 is 14.6 Å². The van der Waals surface area contributed by atoms with Crippen molar-refractivity contribution in [2.45, 2.75) is 59.9 Å². The highest BCUT2D eigenvalue weighted by molar-refractivity contribution is 5.30. The topological polar surface area (TPSA) is 38.7 Å². The standard InChI is InChI=1S/C17H28O3/c1-7-19-16(17(4,5)6)15(18)13-9-8-10-14(11-13)20-12(2)3/h8-12,15-16,18H,7H2,1-6H3. The van der Waals surface area contributed by atoms with E-state index in [0.717, 1.165) is 11.3 Å². The van der Waals surface area contributed by atoms with Gasteiger partial charge in [-0.3, -0.25) is 0 Å². The fraction of sp³-hybridized carbons (Fsp3) is 0.647. The first kappa shape index (κ1) is 17.0. The smallest absolute Gasteiger partial charge is 0.120 e. The van der Waals surface area contributed by atoms with E-state index < -0.39 is 6.10 Å². The van der Waals surface area contributed by atoms with E-state index in [9.17, 15) is 5.11 Å². The molecular weight excluding hydrogens is 252 g/mol. The van der Waals surface area contributed by atoms with Crippen LogP contribution in [0.5, 0.6) is 5.75 Å². The van der Waals surface area contributed by atoms with E-state index in [1.54, 1.807) is 0 Å². The number of aliphatic hydroxyl groups excluding tert-OH is 1. The Morgan fingerprint density at radius 2 is 1.85 bits per heavy atom. The van der Waals surface area contributed by atoms with Gasteiger partial charge in [0.25, 0.3) is 0 Å². The summed E-state index contributed by atoms with van der Waals surface area (Å²) in [7, 11) is 0. The van der Waals surface area contributed by atoms with E-state index >= 15 is 0 Å². The third-order valence-corrected chi connectivity index (χ3v) is 3.06. The second-order valence-electron chi connectivity index (χ2n) is 6.43. The SMILES string of the molecule is CCOC(C(O)c1cccc(OC(C)C)c1)C(C)(C)C. The molecule has 2 atom stereocenters. The third kappa shape index (κ3) is 4.80. The monoisotopic (exact) mass is 280 g/mol. The summed E-state index contributed by atoms with van der Waals surface area (Å²) in [4.78, 5) is 0. The predicted molar refractivity (Wildman–Crippen MR) is 82.0 cm³/mol. The molecule has 1 aromatic rings. The molecule has 0 aliphatic heterocycles. The summed E-state index contributed by atoms with van der Waals surface area (Å²) in [5, 5.41) is 10.6. The highest BCUT2D eigenvalue weighted by Gasteiger charge is 2.32. The van der Waals surface area contributed by atoms with Crippen molar-refractivity contribution in [2.24, 2.45) is 5.41 Å². The molecule has 1 aromatic carbocycles. The first-order chi connectivity index (χ1) is 9.25. The summed E-state index contributed by atoms with van der Waals surface area (Å²) in [6, 6.07) is 7.61. The minimum absolute atomic E-state index is 0.118. The van der Waals surface area contributed by atoms with Crippen LogP contribution in [-0.4, -0.2) is 23.9 Å². The molecule has 1 rings (SSSR count). The van der Waals surface area contributed by atoms with Crippen LogP contribution in [0.2, 0.25) is 0 Å². The van der Waals surface area contributed by atoms with E-state index in [1.807, 2.05) is 45.0 Å². The van der Waals surface area contributed by atoms with Crippen LogP contribution in [0.4, 0.5) is 0 Å². The van der Waals surface area contributed by atoms with Crippen LogP contribution in [0.15, 0.2) is 24.3 Å². The van der Waals surface area contributed by atoms with Gasteiger partial charge in [0.2, 0.25) is 0 Å². The number of rotatable bonds is 6. The molecule has 0 radical (unpaired) electrons. The average molecular weight is 280 g/mol. The van der Waals surface area contributed by atoms with Gasteiger partial charge in [0, 0.05) is 6.61 Å². The van der Waals surface area contributed by atoms with Crippen molar-refractivity contribution in [1.29, 1.82) is 0 Å². The lowest BCUT2D eigenvalue weighted by atomic mass is 9.83. The van der Waals surface area contributed by atoms with Crippen LogP contribution in [0.1, 0.15) is 53.2 Å². The molecule has 0 spiro atoms. The Morgan fingerprint density at radius 3 is 2.35 bits per heavy atom. The van der Waals surface area contributed by atoms with Gasteiger partial charge >= 0.3 is 0 Å². The van der Waals surface area contributed by atoms with Gasteiger partial charge in [-0.15, -0.1) is 0 Å². The predicted octanol–water partition coefficient (Wildman–Crippen LogP) is 3.96. The zero-order chi connectivity index (χ0) is 15.3. The molecule has 20 heavy (non-hydrogen) atoms. The van der Waals surface area contributed by atoms with Gasteiger partial charge in [0.15, 0.2) is 0 Å². The van der Waals surface area contributed by atoms with Gasteiger partial charge in [0.05, 0.1) is 12.2 Å². The molecule has 0 fully saturated rings. The first-order valence-corrected chi connectivity index (χ1v) is 7.32. The van der Waals surface area contributed by atoms with Gasteiger partial charge in [-0.1, -0.05) is 32.9 Å². The van der Waals surface area contributed by atoms with Gasteiger partial charge in [-0.25, -0.2) is 0 Å². The normalized spacial score (nSPS) is 15.2. The summed E-state index contributed by atoms with van der Waals surface area (Å²) in [5.41, 5.74) is 0.696. The fourth-order valence-corrected chi connectivity index (χ4v) is 2.21. The van der Waals surface area contributed by atoms with Gasteiger partial charge in [-0.05, 0) is 43.9 Å². The number of benzene rings is 1. The summed E-state index contributed by atoms with van der Waals surface area (Å²) < 4.78 is 11.4. The Hall–Kier alpha value is -1.06. The summed E-state index contributed by atoms with van der Waals surface area (Å²) in [6.45, 7) is 12.7. The molecule has 3 nitrogen and oxygen atoms in total. The van der Waals surface area contributed by atoms with Crippen molar-refractivity contribution in [3.05, 3.63) is 29.8 Å². The Balaban J connectivity index is 2.96. The van der Waals surface area contributed by atoms with Gasteiger partial charge in [-0.2, -0.15) is 0 Å². The van der Waals surface area contributed by atoms with Crippen LogP contribution in [0.25, 0.3) is 0 Å². The van der Waals surface area contributed by atoms with Crippen LogP contribution in [0, 0.1) is 5.41 Å². The van der Waals surface area contributed by atoms with Crippen molar-refractivity contribution >= 4 is 0 Å².